The van der Waals surface area contributed by atoms with Crippen molar-refractivity contribution in [3.8, 4) is 11.4 Å². The number of tetrazole rings is 1. The summed E-state index contributed by atoms with van der Waals surface area (Å²) in [5.41, 5.74) is 0.729. The van der Waals surface area contributed by atoms with Crippen LogP contribution in [0, 0.1) is 0 Å². The van der Waals surface area contributed by atoms with Gasteiger partial charge in [-0.3, -0.25) is 0 Å². The van der Waals surface area contributed by atoms with Gasteiger partial charge in [0.25, 0.3) is 5.89 Å². The molecule has 0 aliphatic carbocycles. The van der Waals surface area contributed by atoms with Crippen LogP contribution < -0.4 is 0 Å². The summed E-state index contributed by atoms with van der Waals surface area (Å²) in [7, 11) is 0. The minimum absolute atomic E-state index is 0.167. The van der Waals surface area contributed by atoms with Crippen molar-refractivity contribution in [3.05, 3.63) is 40.5 Å². The molecule has 2 aromatic heterocycles. The third-order valence-electron chi connectivity index (χ3n) is 3.35. The Bertz CT molecular complexity index is 802. The van der Waals surface area contributed by atoms with Crippen molar-refractivity contribution >= 4 is 15.9 Å². The fraction of sp³-hybridized carbons (Fsp3) is 0.400. The number of benzene rings is 1. The first-order valence-corrected chi connectivity index (χ1v) is 8.03. The van der Waals surface area contributed by atoms with Crippen molar-refractivity contribution in [2.75, 3.05) is 0 Å². The lowest BCUT2D eigenvalue weighted by atomic mass is 9.96. The minimum atomic E-state index is -0.282. The van der Waals surface area contributed by atoms with Crippen LogP contribution in [-0.2, 0) is 5.41 Å². The summed E-state index contributed by atoms with van der Waals surface area (Å²) >= 11 is 3.41. The summed E-state index contributed by atoms with van der Waals surface area (Å²) in [6.45, 7) is 8.00. The molecule has 2 heterocycles. The molecule has 0 saturated heterocycles. The van der Waals surface area contributed by atoms with E-state index in [1.807, 2.05) is 52.0 Å². The predicted octanol–water partition coefficient (Wildman–Crippen LogP) is 3.39. The van der Waals surface area contributed by atoms with Gasteiger partial charge in [-0.25, -0.2) is 0 Å². The number of hydrogen-bond donors (Lipinski definition) is 0. The molecule has 0 fully saturated rings. The SMILES string of the molecule is C[C@@H](c1nc(C(C)(C)C)no1)n1nnc(-c2ccc(Br)cc2)n1. The molecule has 1 aromatic carbocycles. The Balaban J connectivity index is 1.85. The van der Waals surface area contributed by atoms with E-state index in [0.29, 0.717) is 17.5 Å². The summed E-state index contributed by atoms with van der Waals surface area (Å²) < 4.78 is 6.34. The van der Waals surface area contributed by atoms with Crippen molar-refractivity contribution in [2.45, 2.75) is 39.2 Å². The summed E-state index contributed by atoms with van der Waals surface area (Å²) in [6, 6.07) is 7.46. The minimum Gasteiger partial charge on any atom is -0.337 e. The lowest BCUT2D eigenvalue weighted by Gasteiger charge is -2.11. The van der Waals surface area contributed by atoms with Crippen LogP contribution in [-0.4, -0.2) is 30.3 Å². The molecule has 0 aliphatic rings. The number of nitrogens with zero attached hydrogens (tertiary/aromatic N) is 6. The van der Waals surface area contributed by atoms with Crippen molar-refractivity contribution in [2.24, 2.45) is 0 Å². The van der Waals surface area contributed by atoms with E-state index in [2.05, 4.69) is 41.5 Å². The molecule has 3 rings (SSSR count). The Hall–Kier alpha value is -2.09. The van der Waals surface area contributed by atoms with Gasteiger partial charge in [0.1, 0.15) is 6.04 Å². The maximum Gasteiger partial charge on any atom is 0.253 e. The third-order valence-corrected chi connectivity index (χ3v) is 3.88. The molecule has 0 saturated carbocycles. The summed E-state index contributed by atoms with van der Waals surface area (Å²) in [6.07, 6.45) is 0. The quantitative estimate of drug-likeness (QED) is 0.696. The second-order valence-corrected chi connectivity index (χ2v) is 7.24. The van der Waals surface area contributed by atoms with E-state index in [-0.39, 0.29) is 11.5 Å². The van der Waals surface area contributed by atoms with Gasteiger partial charge in [-0.15, -0.1) is 10.2 Å². The lowest BCUT2D eigenvalue weighted by molar-refractivity contribution is 0.315. The molecular formula is C15H17BrN6O. The van der Waals surface area contributed by atoms with E-state index in [1.54, 1.807) is 0 Å². The average molecular weight is 377 g/mol. The van der Waals surface area contributed by atoms with Crippen LogP contribution in [0.4, 0.5) is 0 Å². The van der Waals surface area contributed by atoms with E-state index in [1.165, 1.54) is 4.80 Å². The lowest BCUT2D eigenvalue weighted by Crippen LogP contribution is -2.15. The first-order chi connectivity index (χ1) is 10.8. The van der Waals surface area contributed by atoms with E-state index < -0.39 is 0 Å². The van der Waals surface area contributed by atoms with Crippen LogP contribution in [0.5, 0.6) is 0 Å². The van der Waals surface area contributed by atoms with Gasteiger partial charge in [0.05, 0.1) is 0 Å². The molecule has 8 heteroatoms. The molecular weight excluding hydrogens is 360 g/mol. The molecule has 0 bridgehead atoms. The number of rotatable bonds is 3. The van der Waals surface area contributed by atoms with E-state index >= 15 is 0 Å². The maximum atomic E-state index is 5.34. The molecule has 0 aliphatic heterocycles. The van der Waals surface area contributed by atoms with Gasteiger partial charge in [-0.2, -0.15) is 9.78 Å². The Kier molecular flexibility index (Phi) is 4.01. The Morgan fingerprint density at radius 1 is 1.17 bits per heavy atom. The van der Waals surface area contributed by atoms with Gasteiger partial charge in [0, 0.05) is 15.5 Å². The van der Waals surface area contributed by atoms with Crippen molar-refractivity contribution in [1.29, 1.82) is 0 Å². The van der Waals surface area contributed by atoms with Crippen LogP contribution in [0.25, 0.3) is 11.4 Å². The number of aromatic nitrogens is 6. The monoisotopic (exact) mass is 376 g/mol. The van der Waals surface area contributed by atoms with E-state index in [9.17, 15) is 0 Å². The molecule has 7 nitrogen and oxygen atoms in total. The molecule has 1 atom stereocenters. The topological polar surface area (TPSA) is 82.5 Å². The molecule has 23 heavy (non-hydrogen) atoms. The predicted molar refractivity (Wildman–Crippen MR) is 87.8 cm³/mol. The summed E-state index contributed by atoms with van der Waals surface area (Å²) in [5.74, 6) is 1.68. The van der Waals surface area contributed by atoms with Crippen LogP contribution in [0.1, 0.15) is 45.5 Å². The van der Waals surface area contributed by atoms with E-state index in [0.717, 1.165) is 10.0 Å². The van der Waals surface area contributed by atoms with Crippen molar-refractivity contribution in [3.63, 3.8) is 0 Å². The fourth-order valence-corrected chi connectivity index (χ4v) is 2.18. The van der Waals surface area contributed by atoms with Crippen LogP contribution >= 0.6 is 15.9 Å². The Morgan fingerprint density at radius 3 is 2.48 bits per heavy atom. The first-order valence-electron chi connectivity index (χ1n) is 7.24. The smallest absolute Gasteiger partial charge is 0.253 e. The van der Waals surface area contributed by atoms with Gasteiger partial charge in [0.15, 0.2) is 5.82 Å². The first kappa shape index (κ1) is 15.8. The van der Waals surface area contributed by atoms with Crippen molar-refractivity contribution in [1.82, 2.24) is 30.3 Å². The second-order valence-electron chi connectivity index (χ2n) is 6.32. The zero-order valence-corrected chi connectivity index (χ0v) is 14.9. The fourth-order valence-electron chi connectivity index (χ4n) is 1.91. The van der Waals surface area contributed by atoms with Gasteiger partial charge in [0.2, 0.25) is 5.82 Å². The summed E-state index contributed by atoms with van der Waals surface area (Å²) in [4.78, 5) is 5.92. The third kappa shape index (κ3) is 3.31. The normalized spacial score (nSPS) is 13.3. The van der Waals surface area contributed by atoms with Crippen LogP contribution in [0.2, 0.25) is 0 Å². The Morgan fingerprint density at radius 2 is 1.87 bits per heavy atom. The molecule has 120 valence electrons. The van der Waals surface area contributed by atoms with Gasteiger partial charge in [-0.05, 0) is 36.4 Å². The van der Waals surface area contributed by atoms with Crippen LogP contribution in [0.3, 0.4) is 0 Å². The molecule has 0 unspecified atom stereocenters. The summed E-state index contributed by atoms with van der Waals surface area (Å²) in [5, 5.41) is 16.6. The average Bonchev–Trinajstić information content (AvgIpc) is 3.16. The highest BCUT2D eigenvalue weighted by Crippen LogP contribution is 2.23. The molecule has 0 amide bonds. The zero-order chi connectivity index (χ0) is 16.6. The largest absolute Gasteiger partial charge is 0.337 e. The van der Waals surface area contributed by atoms with Crippen molar-refractivity contribution < 1.29 is 4.52 Å². The molecule has 0 spiro atoms. The highest BCUT2D eigenvalue weighted by atomic mass is 79.9. The molecule has 0 radical (unpaired) electrons. The highest BCUT2D eigenvalue weighted by Gasteiger charge is 2.25. The van der Waals surface area contributed by atoms with Gasteiger partial charge < -0.3 is 4.52 Å². The van der Waals surface area contributed by atoms with Gasteiger partial charge in [-0.1, -0.05) is 41.9 Å². The standard InChI is InChI=1S/C15H17BrN6O/c1-9(13-17-14(20-23-13)15(2,3)4)22-19-12(18-21-22)10-5-7-11(16)8-6-10/h5-9H,1-4H3/t9-/m0/s1. The molecule has 3 aromatic rings. The second kappa shape index (κ2) is 5.84. The van der Waals surface area contributed by atoms with Crippen LogP contribution in [0.15, 0.2) is 33.3 Å². The zero-order valence-electron chi connectivity index (χ0n) is 13.4. The number of hydrogen-bond acceptors (Lipinski definition) is 6. The number of halogens is 1. The highest BCUT2D eigenvalue weighted by molar-refractivity contribution is 9.10. The Labute approximate surface area is 142 Å². The molecule has 0 N–H and O–H groups in total. The van der Waals surface area contributed by atoms with Gasteiger partial charge >= 0.3 is 0 Å². The maximum absolute atomic E-state index is 5.34. The van der Waals surface area contributed by atoms with E-state index in [4.69, 9.17) is 4.52 Å².